The van der Waals surface area contributed by atoms with Crippen LogP contribution in [0.15, 0.2) is 0 Å². The lowest BCUT2D eigenvalue weighted by molar-refractivity contribution is -0.379. The fourth-order valence-corrected chi connectivity index (χ4v) is 2.84. The van der Waals surface area contributed by atoms with Gasteiger partial charge >= 0.3 is 6.03 Å². The van der Waals surface area contributed by atoms with E-state index in [4.69, 9.17) is 15.2 Å². The van der Waals surface area contributed by atoms with Gasteiger partial charge in [0.1, 0.15) is 17.8 Å². The van der Waals surface area contributed by atoms with Gasteiger partial charge < -0.3 is 30.7 Å². The molecule has 0 aromatic carbocycles. The SMILES string of the molecule is NCC12COC(N3CCNC3=O)(CO1)[C@@H](O)[C@H]2O. The number of hydrogen-bond acceptors (Lipinski definition) is 6. The van der Waals surface area contributed by atoms with Crippen molar-refractivity contribution in [2.24, 2.45) is 5.73 Å². The smallest absolute Gasteiger partial charge is 0.319 e. The summed E-state index contributed by atoms with van der Waals surface area (Å²) in [7, 11) is 0. The minimum atomic E-state index is -1.31. The number of amides is 2. The molecular weight excluding hydrogens is 242 g/mol. The van der Waals surface area contributed by atoms with Crippen molar-refractivity contribution in [2.75, 3.05) is 32.8 Å². The van der Waals surface area contributed by atoms with Crippen LogP contribution in [-0.4, -0.2) is 77.5 Å². The molecule has 4 aliphatic rings. The quantitative estimate of drug-likeness (QED) is 0.425. The van der Waals surface area contributed by atoms with Gasteiger partial charge in [-0.1, -0.05) is 0 Å². The van der Waals surface area contributed by atoms with Gasteiger partial charge in [0.25, 0.3) is 0 Å². The predicted molar refractivity (Wildman–Crippen MR) is 58.5 cm³/mol. The van der Waals surface area contributed by atoms with Crippen molar-refractivity contribution >= 4 is 6.03 Å². The van der Waals surface area contributed by atoms with Gasteiger partial charge in [-0.05, 0) is 0 Å². The topological polar surface area (TPSA) is 117 Å². The lowest BCUT2D eigenvalue weighted by Crippen LogP contribution is -2.80. The monoisotopic (exact) mass is 259 g/mol. The van der Waals surface area contributed by atoms with Crippen molar-refractivity contribution in [3.8, 4) is 0 Å². The minimum absolute atomic E-state index is 0.00977. The van der Waals surface area contributed by atoms with Gasteiger partial charge in [0.15, 0.2) is 5.72 Å². The van der Waals surface area contributed by atoms with Crippen LogP contribution in [0.4, 0.5) is 4.79 Å². The first kappa shape index (κ1) is 12.1. The summed E-state index contributed by atoms with van der Waals surface area (Å²) in [5.41, 5.74) is 3.20. The van der Waals surface area contributed by atoms with Crippen LogP contribution in [0, 0.1) is 0 Å². The van der Waals surface area contributed by atoms with Crippen LogP contribution in [0.3, 0.4) is 0 Å². The van der Waals surface area contributed by atoms with Gasteiger partial charge in [0, 0.05) is 19.6 Å². The van der Waals surface area contributed by atoms with Gasteiger partial charge in [0.05, 0.1) is 13.2 Å². The van der Waals surface area contributed by atoms with E-state index in [1.807, 2.05) is 0 Å². The molecule has 0 aromatic rings. The highest BCUT2D eigenvalue weighted by atomic mass is 16.6. The molecule has 4 saturated heterocycles. The standard InChI is InChI=1S/C10H17N3O5/c11-3-9-4-18-10(5-17-9,7(15)6(9)14)13-2-1-12-8(13)16/h6-7,14-15H,1-5,11H2,(H,12,16)/t6-,7+,9?,10?/m1/s1. The molecule has 0 aliphatic carbocycles. The van der Waals surface area contributed by atoms with Gasteiger partial charge in [-0.25, -0.2) is 4.79 Å². The van der Waals surface area contributed by atoms with Gasteiger partial charge in [-0.15, -0.1) is 0 Å². The van der Waals surface area contributed by atoms with Crippen LogP contribution < -0.4 is 11.1 Å². The van der Waals surface area contributed by atoms with Crippen molar-refractivity contribution in [1.29, 1.82) is 0 Å². The van der Waals surface area contributed by atoms with E-state index >= 15 is 0 Å². The number of carbonyl (C=O) groups is 1. The number of hydrogen-bond donors (Lipinski definition) is 4. The lowest BCUT2D eigenvalue weighted by Gasteiger charge is -2.59. The van der Waals surface area contributed by atoms with E-state index in [9.17, 15) is 15.0 Å². The highest BCUT2D eigenvalue weighted by Gasteiger charge is 2.65. The number of nitrogens with zero attached hydrogens (tertiary/aromatic N) is 1. The van der Waals surface area contributed by atoms with E-state index < -0.39 is 23.5 Å². The van der Waals surface area contributed by atoms with E-state index in [1.54, 1.807) is 0 Å². The van der Waals surface area contributed by atoms with Crippen molar-refractivity contribution in [2.45, 2.75) is 23.5 Å². The molecule has 4 heterocycles. The molecule has 5 N–H and O–H groups in total. The van der Waals surface area contributed by atoms with Crippen LogP contribution in [-0.2, 0) is 9.47 Å². The van der Waals surface area contributed by atoms with E-state index in [-0.39, 0.29) is 25.8 Å². The molecule has 8 nitrogen and oxygen atoms in total. The Balaban J connectivity index is 1.93. The molecule has 2 amide bonds. The number of aliphatic hydroxyl groups is 2. The molecule has 0 radical (unpaired) electrons. The van der Waals surface area contributed by atoms with Crippen LogP contribution >= 0.6 is 0 Å². The summed E-state index contributed by atoms with van der Waals surface area (Å²) in [6.07, 6.45) is -2.40. The molecule has 4 atom stereocenters. The van der Waals surface area contributed by atoms with Crippen LogP contribution in [0.25, 0.3) is 0 Å². The van der Waals surface area contributed by atoms with Gasteiger partial charge in [-0.3, -0.25) is 4.90 Å². The Hall–Kier alpha value is -0.930. The molecule has 4 fully saturated rings. The second-order valence-electron chi connectivity index (χ2n) is 4.96. The van der Waals surface area contributed by atoms with E-state index in [2.05, 4.69) is 5.32 Å². The molecule has 0 aromatic heterocycles. The highest BCUT2D eigenvalue weighted by molar-refractivity contribution is 5.77. The molecular formula is C10H17N3O5. The number of aliphatic hydroxyl groups excluding tert-OH is 2. The lowest BCUT2D eigenvalue weighted by atomic mass is 9.81. The number of fused-ring (bicyclic) bond motifs is 3. The predicted octanol–water partition coefficient (Wildman–Crippen LogP) is -2.81. The zero-order valence-electron chi connectivity index (χ0n) is 9.83. The molecule has 2 bridgehead atoms. The summed E-state index contributed by atoms with van der Waals surface area (Å²) >= 11 is 0. The Labute approximate surface area is 104 Å². The van der Waals surface area contributed by atoms with Crippen LogP contribution in [0.5, 0.6) is 0 Å². The summed E-state index contributed by atoms with van der Waals surface area (Å²) in [5, 5.41) is 23.0. The van der Waals surface area contributed by atoms with E-state index in [1.165, 1.54) is 4.90 Å². The summed E-state index contributed by atoms with van der Waals surface area (Å²) in [6.45, 7) is 1.01. The number of rotatable bonds is 2. The van der Waals surface area contributed by atoms with Gasteiger partial charge in [0.2, 0.25) is 0 Å². The fourth-order valence-electron chi connectivity index (χ4n) is 2.84. The summed E-state index contributed by atoms with van der Waals surface area (Å²) in [6, 6.07) is -0.327. The van der Waals surface area contributed by atoms with Crippen molar-refractivity contribution in [3.05, 3.63) is 0 Å². The average molecular weight is 259 g/mol. The third-order valence-corrected chi connectivity index (χ3v) is 4.09. The van der Waals surface area contributed by atoms with Crippen molar-refractivity contribution < 1.29 is 24.5 Å². The molecule has 0 spiro atoms. The average Bonchev–Trinajstić information content (AvgIpc) is 2.83. The Bertz CT molecular complexity index is 369. The second kappa shape index (κ2) is 3.78. The molecule has 0 saturated carbocycles. The Morgan fingerprint density at radius 2 is 2.17 bits per heavy atom. The molecule has 102 valence electrons. The number of urea groups is 1. The zero-order valence-corrected chi connectivity index (χ0v) is 9.83. The number of ether oxygens (including phenoxy) is 2. The second-order valence-corrected chi connectivity index (χ2v) is 4.96. The zero-order chi connectivity index (χ0) is 13.0. The largest absolute Gasteiger partial charge is 0.387 e. The summed E-state index contributed by atoms with van der Waals surface area (Å²) < 4.78 is 11.2. The maximum atomic E-state index is 11.7. The first-order valence-corrected chi connectivity index (χ1v) is 5.95. The summed E-state index contributed by atoms with van der Waals surface area (Å²) in [5.74, 6) is 0. The number of nitrogens with two attached hydrogens (primary N) is 1. The first-order valence-electron chi connectivity index (χ1n) is 5.95. The van der Waals surface area contributed by atoms with Gasteiger partial charge in [-0.2, -0.15) is 0 Å². The van der Waals surface area contributed by atoms with Crippen molar-refractivity contribution in [3.63, 3.8) is 0 Å². The maximum absolute atomic E-state index is 11.7. The molecule has 18 heavy (non-hydrogen) atoms. The Kier molecular flexibility index (Phi) is 2.55. The molecule has 4 rings (SSSR count). The number of nitrogens with one attached hydrogen (secondary N) is 1. The Morgan fingerprint density at radius 1 is 1.39 bits per heavy atom. The van der Waals surface area contributed by atoms with E-state index in [0.717, 1.165) is 0 Å². The first-order chi connectivity index (χ1) is 8.56. The van der Waals surface area contributed by atoms with Crippen molar-refractivity contribution in [1.82, 2.24) is 10.2 Å². The number of carbonyl (C=O) groups excluding carboxylic acids is 1. The molecule has 8 heteroatoms. The minimum Gasteiger partial charge on any atom is -0.387 e. The third-order valence-electron chi connectivity index (χ3n) is 4.09. The highest BCUT2D eigenvalue weighted by Crippen LogP contribution is 2.42. The molecule has 4 aliphatic heterocycles. The van der Waals surface area contributed by atoms with Crippen LogP contribution in [0.1, 0.15) is 0 Å². The Morgan fingerprint density at radius 3 is 2.67 bits per heavy atom. The maximum Gasteiger partial charge on any atom is 0.319 e. The fraction of sp³-hybridized carbons (Fsp3) is 0.900. The van der Waals surface area contributed by atoms with E-state index in [0.29, 0.717) is 13.1 Å². The molecule has 2 unspecified atom stereocenters. The summed E-state index contributed by atoms with van der Waals surface area (Å²) in [4.78, 5) is 13.1. The normalized spacial score (nSPS) is 47.5. The van der Waals surface area contributed by atoms with Crippen LogP contribution in [0.2, 0.25) is 0 Å². The third kappa shape index (κ3) is 1.29.